The van der Waals surface area contributed by atoms with Crippen molar-refractivity contribution < 1.29 is 20.1 Å². The van der Waals surface area contributed by atoms with Gasteiger partial charge in [-0.15, -0.1) is 0 Å². The van der Waals surface area contributed by atoms with Gasteiger partial charge in [0.15, 0.2) is 11.5 Å². The van der Waals surface area contributed by atoms with Crippen LogP contribution in [0.15, 0.2) is 24.3 Å². The number of aryl methyl sites for hydroxylation is 2. The van der Waals surface area contributed by atoms with Crippen molar-refractivity contribution in [3.05, 3.63) is 35.4 Å². The fraction of sp³-hybridized carbons (Fsp3) is 0.200. The zero-order valence-corrected chi connectivity index (χ0v) is 10.5. The van der Waals surface area contributed by atoms with Crippen molar-refractivity contribution in [2.24, 2.45) is 0 Å². The van der Waals surface area contributed by atoms with E-state index in [1.807, 2.05) is 6.07 Å². The predicted molar refractivity (Wildman–Crippen MR) is 70.8 cm³/mol. The number of ether oxygens (including phenoxy) is 1. The van der Waals surface area contributed by atoms with E-state index in [0.717, 1.165) is 35.1 Å². The minimum absolute atomic E-state index is 0.169. The number of aromatic hydroxyl groups is 3. The number of phenolic OH excluding ortho intramolecular Hbond substituents is 3. The molecule has 0 radical (unpaired) electrons. The summed E-state index contributed by atoms with van der Waals surface area (Å²) >= 11 is 0. The van der Waals surface area contributed by atoms with Crippen LogP contribution in [0.3, 0.4) is 0 Å². The molecule has 1 aliphatic rings. The summed E-state index contributed by atoms with van der Waals surface area (Å²) < 4.78 is 5.24. The molecule has 0 amide bonds. The van der Waals surface area contributed by atoms with Gasteiger partial charge in [0.25, 0.3) is 0 Å². The van der Waals surface area contributed by atoms with Gasteiger partial charge >= 0.3 is 0 Å². The summed E-state index contributed by atoms with van der Waals surface area (Å²) in [5.41, 5.74) is 3.66. The number of benzene rings is 2. The molecule has 0 heterocycles. The van der Waals surface area contributed by atoms with Crippen molar-refractivity contribution in [2.45, 2.75) is 12.8 Å². The highest BCUT2D eigenvalue weighted by molar-refractivity contribution is 5.83. The van der Waals surface area contributed by atoms with Crippen molar-refractivity contribution in [1.82, 2.24) is 0 Å². The number of hydrogen-bond acceptors (Lipinski definition) is 4. The van der Waals surface area contributed by atoms with Crippen LogP contribution in [-0.4, -0.2) is 22.4 Å². The van der Waals surface area contributed by atoms with Crippen molar-refractivity contribution in [3.63, 3.8) is 0 Å². The maximum atomic E-state index is 9.91. The molecule has 4 nitrogen and oxygen atoms in total. The summed E-state index contributed by atoms with van der Waals surface area (Å²) in [6.45, 7) is 0. The summed E-state index contributed by atoms with van der Waals surface area (Å²) in [4.78, 5) is 0. The first-order valence-electron chi connectivity index (χ1n) is 6.06. The standard InChI is InChI=1S/C15H14O4/c1-19-15-13-9(7-12(17)14(15)18)3-2-8-6-10(16)4-5-11(8)13/h4-7,16-18H,2-3H2,1H3. The molecule has 19 heavy (non-hydrogen) atoms. The van der Waals surface area contributed by atoms with Crippen molar-refractivity contribution >= 4 is 0 Å². The van der Waals surface area contributed by atoms with E-state index in [-0.39, 0.29) is 23.0 Å². The predicted octanol–water partition coefficient (Wildman–Crippen LogP) is 2.58. The summed E-state index contributed by atoms with van der Waals surface area (Å²) in [6.07, 6.45) is 1.51. The molecule has 1 aliphatic carbocycles. The van der Waals surface area contributed by atoms with Crippen molar-refractivity contribution in [3.8, 4) is 34.1 Å². The van der Waals surface area contributed by atoms with Crippen LogP contribution in [0.4, 0.5) is 0 Å². The minimum atomic E-state index is -0.248. The summed E-state index contributed by atoms with van der Waals surface area (Å²) in [7, 11) is 1.46. The molecule has 98 valence electrons. The monoisotopic (exact) mass is 258 g/mol. The molecule has 0 spiro atoms. The largest absolute Gasteiger partial charge is 0.508 e. The Kier molecular flexibility index (Phi) is 2.52. The lowest BCUT2D eigenvalue weighted by Gasteiger charge is -2.23. The quantitative estimate of drug-likeness (QED) is 0.688. The van der Waals surface area contributed by atoms with Crippen LogP contribution < -0.4 is 4.74 Å². The molecule has 0 aromatic heterocycles. The third kappa shape index (κ3) is 1.68. The Balaban J connectivity index is 2.33. The smallest absolute Gasteiger partial charge is 0.201 e. The Bertz CT molecular complexity index is 662. The molecule has 3 rings (SSSR count). The lowest BCUT2D eigenvalue weighted by atomic mass is 9.84. The van der Waals surface area contributed by atoms with Gasteiger partial charge in [0.2, 0.25) is 5.75 Å². The van der Waals surface area contributed by atoms with E-state index in [4.69, 9.17) is 4.74 Å². The van der Waals surface area contributed by atoms with Crippen molar-refractivity contribution in [2.75, 3.05) is 7.11 Å². The lowest BCUT2D eigenvalue weighted by Crippen LogP contribution is -2.05. The molecule has 3 N–H and O–H groups in total. The van der Waals surface area contributed by atoms with Crippen LogP contribution in [0.2, 0.25) is 0 Å². The molecule has 2 aromatic rings. The second-order valence-corrected chi connectivity index (χ2v) is 4.65. The molecular weight excluding hydrogens is 244 g/mol. The Hall–Kier alpha value is -2.36. The molecule has 0 saturated carbocycles. The molecule has 4 heteroatoms. The number of hydrogen-bond donors (Lipinski definition) is 3. The van der Waals surface area contributed by atoms with Crippen LogP contribution in [0.5, 0.6) is 23.0 Å². The van der Waals surface area contributed by atoms with E-state index in [1.165, 1.54) is 7.11 Å². The highest BCUT2D eigenvalue weighted by Gasteiger charge is 2.24. The third-order valence-corrected chi connectivity index (χ3v) is 3.54. The maximum absolute atomic E-state index is 9.91. The normalized spacial score (nSPS) is 12.7. The fourth-order valence-electron chi connectivity index (χ4n) is 2.68. The average Bonchev–Trinajstić information content (AvgIpc) is 2.40. The highest BCUT2D eigenvalue weighted by Crippen LogP contribution is 2.49. The van der Waals surface area contributed by atoms with E-state index in [1.54, 1.807) is 18.2 Å². The summed E-state index contributed by atoms with van der Waals surface area (Å²) in [6, 6.07) is 6.71. The van der Waals surface area contributed by atoms with Crippen LogP contribution in [0.1, 0.15) is 11.1 Å². The summed E-state index contributed by atoms with van der Waals surface area (Å²) in [5, 5.41) is 29.2. The Labute approximate surface area is 110 Å². The first-order chi connectivity index (χ1) is 9.11. The second-order valence-electron chi connectivity index (χ2n) is 4.65. The Morgan fingerprint density at radius 3 is 2.47 bits per heavy atom. The van der Waals surface area contributed by atoms with Crippen LogP contribution in [0, 0.1) is 0 Å². The molecule has 0 bridgehead atoms. The van der Waals surface area contributed by atoms with Crippen molar-refractivity contribution in [1.29, 1.82) is 0 Å². The van der Waals surface area contributed by atoms with Gasteiger partial charge < -0.3 is 20.1 Å². The number of methoxy groups -OCH3 is 1. The van der Waals surface area contributed by atoms with E-state index in [9.17, 15) is 15.3 Å². The first kappa shape index (κ1) is 11.7. The Morgan fingerprint density at radius 1 is 1.00 bits per heavy atom. The number of fused-ring (bicyclic) bond motifs is 3. The SMILES string of the molecule is COc1c(O)c(O)cc2c1-c1ccc(O)cc1CC2. The van der Waals surface area contributed by atoms with E-state index in [0.29, 0.717) is 0 Å². The van der Waals surface area contributed by atoms with E-state index in [2.05, 4.69) is 0 Å². The Morgan fingerprint density at radius 2 is 1.74 bits per heavy atom. The first-order valence-corrected chi connectivity index (χ1v) is 6.06. The number of phenols is 3. The highest BCUT2D eigenvalue weighted by atomic mass is 16.5. The van der Waals surface area contributed by atoms with Gasteiger partial charge in [-0.2, -0.15) is 0 Å². The average molecular weight is 258 g/mol. The fourth-order valence-corrected chi connectivity index (χ4v) is 2.68. The molecule has 0 saturated heterocycles. The molecule has 0 fully saturated rings. The molecule has 2 aromatic carbocycles. The zero-order chi connectivity index (χ0) is 13.6. The van der Waals surface area contributed by atoms with Gasteiger partial charge in [0, 0.05) is 5.56 Å². The topological polar surface area (TPSA) is 69.9 Å². The van der Waals surface area contributed by atoms with E-state index < -0.39 is 0 Å². The van der Waals surface area contributed by atoms with Gasteiger partial charge in [0.1, 0.15) is 5.75 Å². The number of rotatable bonds is 1. The van der Waals surface area contributed by atoms with Gasteiger partial charge in [0.05, 0.1) is 7.11 Å². The minimum Gasteiger partial charge on any atom is -0.508 e. The molecule has 0 atom stereocenters. The van der Waals surface area contributed by atoms with Crippen LogP contribution in [0.25, 0.3) is 11.1 Å². The molecular formula is C15H14O4. The van der Waals surface area contributed by atoms with Gasteiger partial charge in [-0.25, -0.2) is 0 Å². The van der Waals surface area contributed by atoms with Crippen LogP contribution in [-0.2, 0) is 12.8 Å². The molecule has 0 aliphatic heterocycles. The summed E-state index contributed by atoms with van der Waals surface area (Å²) in [5.74, 6) is 0.0887. The lowest BCUT2D eigenvalue weighted by molar-refractivity contribution is 0.351. The third-order valence-electron chi connectivity index (χ3n) is 3.54. The maximum Gasteiger partial charge on any atom is 0.201 e. The zero-order valence-electron chi connectivity index (χ0n) is 10.5. The van der Waals surface area contributed by atoms with Gasteiger partial charge in [-0.3, -0.25) is 0 Å². The second kappa shape index (κ2) is 4.09. The van der Waals surface area contributed by atoms with E-state index >= 15 is 0 Å². The van der Waals surface area contributed by atoms with Gasteiger partial charge in [-0.1, -0.05) is 6.07 Å². The molecule has 0 unspecified atom stereocenters. The van der Waals surface area contributed by atoms with Gasteiger partial charge in [-0.05, 0) is 47.7 Å². The van der Waals surface area contributed by atoms with Crippen LogP contribution >= 0.6 is 0 Å².